The highest BCUT2D eigenvalue weighted by Crippen LogP contribution is 2.31. The molecule has 4 N–H and O–H groups in total. The van der Waals surface area contributed by atoms with E-state index in [0.717, 1.165) is 5.56 Å². The number of carbonyl (C=O) groups excluding carboxylic acids is 1. The molecular weight excluding hydrogens is 316 g/mol. The molecule has 1 heterocycles. The van der Waals surface area contributed by atoms with Gasteiger partial charge in [0.25, 0.3) is 0 Å². The molecule has 0 amide bonds. The molecule has 0 aromatic heterocycles. The fraction of sp³-hybridized carbons (Fsp3) is 0.471. The number of fused-ring (bicyclic) bond motifs is 1. The Hall–Kier alpha value is -1.93. The van der Waals surface area contributed by atoms with Gasteiger partial charge in [-0.25, -0.2) is 4.79 Å². The van der Waals surface area contributed by atoms with Gasteiger partial charge < -0.3 is 29.9 Å². The molecular formula is C17H22O7. The summed E-state index contributed by atoms with van der Waals surface area (Å²) >= 11 is 0. The van der Waals surface area contributed by atoms with Crippen LogP contribution in [0.2, 0.25) is 0 Å². The summed E-state index contributed by atoms with van der Waals surface area (Å²) in [6.07, 6.45) is -0.886. The highest BCUT2D eigenvalue weighted by molar-refractivity contribution is 5.90. The Labute approximate surface area is 139 Å². The third-order valence-corrected chi connectivity index (χ3v) is 3.64. The van der Waals surface area contributed by atoms with Gasteiger partial charge in [0.05, 0.1) is 12.2 Å². The largest absolute Gasteiger partial charge is 0.483 e. The van der Waals surface area contributed by atoms with Crippen LogP contribution >= 0.6 is 0 Å². The highest BCUT2D eigenvalue weighted by atomic mass is 16.5. The first-order valence-electron chi connectivity index (χ1n) is 7.58. The minimum atomic E-state index is -1.61. The molecule has 1 aliphatic rings. The molecule has 0 radical (unpaired) electrons. The van der Waals surface area contributed by atoms with Crippen molar-refractivity contribution in [1.29, 1.82) is 0 Å². The van der Waals surface area contributed by atoms with Crippen LogP contribution in [0.1, 0.15) is 29.8 Å². The zero-order valence-electron chi connectivity index (χ0n) is 13.5. The lowest BCUT2D eigenvalue weighted by molar-refractivity contribution is -0.0925. The lowest BCUT2D eigenvalue weighted by atomic mass is 10.0. The molecule has 7 heteroatoms. The molecule has 7 nitrogen and oxygen atoms in total. The molecule has 1 aromatic carbocycles. The molecule has 0 saturated carbocycles. The van der Waals surface area contributed by atoms with Crippen molar-refractivity contribution in [2.45, 2.75) is 37.8 Å². The smallest absolute Gasteiger partial charge is 0.338 e. The topological polar surface area (TPSA) is 116 Å². The van der Waals surface area contributed by atoms with E-state index in [1.54, 1.807) is 18.2 Å². The zero-order chi connectivity index (χ0) is 17.9. The summed E-state index contributed by atoms with van der Waals surface area (Å²) in [6, 6.07) is 4.81. The van der Waals surface area contributed by atoms with Crippen LogP contribution in [0, 0.1) is 0 Å². The van der Waals surface area contributed by atoms with Crippen LogP contribution < -0.4 is 4.74 Å². The van der Waals surface area contributed by atoms with Gasteiger partial charge in [-0.15, -0.1) is 0 Å². The van der Waals surface area contributed by atoms with Gasteiger partial charge in [0.1, 0.15) is 36.3 Å². The van der Waals surface area contributed by atoms with Gasteiger partial charge in [0, 0.05) is 5.56 Å². The van der Waals surface area contributed by atoms with Crippen LogP contribution in [-0.4, -0.2) is 63.5 Å². The van der Waals surface area contributed by atoms with E-state index in [0.29, 0.717) is 5.75 Å². The van der Waals surface area contributed by atoms with Crippen molar-refractivity contribution in [3.8, 4) is 5.75 Å². The Morgan fingerprint density at radius 3 is 2.62 bits per heavy atom. The average Bonchev–Trinajstić information content (AvgIpc) is 2.56. The van der Waals surface area contributed by atoms with Gasteiger partial charge in [-0.05, 0) is 38.1 Å². The predicted molar refractivity (Wildman–Crippen MR) is 85.6 cm³/mol. The first-order valence-corrected chi connectivity index (χ1v) is 7.58. The van der Waals surface area contributed by atoms with Gasteiger partial charge in [-0.1, -0.05) is 6.08 Å². The first-order chi connectivity index (χ1) is 11.2. The van der Waals surface area contributed by atoms with Crippen molar-refractivity contribution in [2.24, 2.45) is 0 Å². The summed E-state index contributed by atoms with van der Waals surface area (Å²) in [5, 5.41) is 37.1. The quantitative estimate of drug-likeness (QED) is 0.544. The van der Waals surface area contributed by atoms with E-state index in [4.69, 9.17) is 14.6 Å². The van der Waals surface area contributed by atoms with Crippen LogP contribution in [0.25, 0.3) is 6.08 Å². The Kier molecular flexibility index (Phi) is 5.61. The molecule has 2 rings (SSSR count). The number of carbonyl (C=O) groups is 1. The first kappa shape index (κ1) is 18.4. The second kappa shape index (κ2) is 7.31. The number of benzene rings is 1. The van der Waals surface area contributed by atoms with Gasteiger partial charge in [0.15, 0.2) is 0 Å². The van der Waals surface area contributed by atoms with E-state index < -0.39 is 43.1 Å². The van der Waals surface area contributed by atoms with Crippen molar-refractivity contribution < 1.29 is 34.7 Å². The Morgan fingerprint density at radius 1 is 1.25 bits per heavy atom. The van der Waals surface area contributed by atoms with E-state index in [1.165, 1.54) is 0 Å². The summed E-state index contributed by atoms with van der Waals surface area (Å²) < 4.78 is 10.7. The van der Waals surface area contributed by atoms with E-state index in [9.17, 15) is 20.1 Å². The van der Waals surface area contributed by atoms with E-state index in [1.807, 2.05) is 26.0 Å². The average molecular weight is 338 g/mol. The number of ether oxygens (including phenoxy) is 2. The van der Waals surface area contributed by atoms with Crippen LogP contribution in [0.5, 0.6) is 5.75 Å². The van der Waals surface area contributed by atoms with Gasteiger partial charge in [-0.3, -0.25) is 0 Å². The standard InChI is InChI=1S/C17H22O7/c1-17(2)6-5-10-7-11(3-4-14(10)24-17)16(22)23-9-13(20)15(21)12(19)8-18/h3-7,12-13,15,18-21H,8-9H2,1-2H3. The summed E-state index contributed by atoms with van der Waals surface area (Å²) in [5.41, 5.74) is 0.592. The number of hydrogen-bond donors (Lipinski definition) is 4. The molecule has 132 valence electrons. The molecule has 0 bridgehead atoms. The fourth-order valence-electron chi connectivity index (χ4n) is 2.21. The minimum absolute atomic E-state index is 0.270. The number of esters is 1. The second-order valence-corrected chi connectivity index (χ2v) is 6.20. The van der Waals surface area contributed by atoms with Crippen molar-refractivity contribution in [3.05, 3.63) is 35.4 Å². The van der Waals surface area contributed by atoms with Crippen LogP contribution in [0.15, 0.2) is 24.3 Å². The number of rotatable bonds is 6. The molecule has 1 aromatic rings. The lowest BCUT2D eigenvalue weighted by Gasteiger charge is -2.28. The maximum atomic E-state index is 12.0. The van der Waals surface area contributed by atoms with Gasteiger partial charge in [0.2, 0.25) is 0 Å². The summed E-state index contributed by atoms with van der Waals surface area (Å²) in [6.45, 7) is 2.62. The minimum Gasteiger partial charge on any atom is -0.483 e. The van der Waals surface area contributed by atoms with E-state index in [2.05, 4.69) is 0 Å². The third kappa shape index (κ3) is 4.33. The van der Waals surface area contributed by atoms with E-state index in [-0.39, 0.29) is 5.56 Å². The number of aliphatic hydroxyl groups excluding tert-OH is 4. The van der Waals surface area contributed by atoms with Crippen molar-refractivity contribution in [1.82, 2.24) is 0 Å². The molecule has 1 aliphatic heterocycles. The predicted octanol–water partition coefficient (Wildman–Crippen LogP) is 0.103. The van der Waals surface area contributed by atoms with Gasteiger partial charge >= 0.3 is 5.97 Å². The molecule has 0 saturated heterocycles. The molecule has 3 unspecified atom stereocenters. The highest BCUT2D eigenvalue weighted by Gasteiger charge is 2.26. The fourth-order valence-corrected chi connectivity index (χ4v) is 2.21. The Morgan fingerprint density at radius 2 is 1.96 bits per heavy atom. The van der Waals surface area contributed by atoms with Crippen LogP contribution in [0.3, 0.4) is 0 Å². The van der Waals surface area contributed by atoms with Crippen molar-refractivity contribution >= 4 is 12.0 Å². The number of hydrogen-bond acceptors (Lipinski definition) is 7. The molecule has 0 fully saturated rings. The molecule has 0 aliphatic carbocycles. The Balaban J connectivity index is 1.99. The van der Waals surface area contributed by atoms with Crippen LogP contribution in [-0.2, 0) is 4.74 Å². The third-order valence-electron chi connectivity index (χ3n) is 3.64. The maximum Gasteiger partial charge on any atom is 0.338 e. The molecule has 24 heavy (non-hydrogen) atoms. The maximum absolute atomic E-state index is 12.0. The normalized spacial score (nSPS) is 18.9. The second-order valence-electron chi connectivity index (χ2n) is 6.20. The lowest BCUT2D eigenvalue weighted by Crippen LogP contribution is -2.42. The summed E-state index contributed by atoms with van der Waals surface area (Å²) in [5.74, 6) is -0.0265. The number of aliphatic hydroxyl groups is 4. The van der Waals surface area contributed by atoms with Crippen molar-refractivity contribution in [2.75, 3.05) is 13.2 Å². The van der Waals surface area contributed by atoms with E-state index >= 15 is 0 Å². The zero-order valence-corrected chi connectivity index (χ0v) is 13.5. The molecule has 0 spiro atoms. The van der Waals surface area contributed by atoms with Crippen molar-refractivity contribution in [3.63, 3.8) is 0 Å². The SMILES string of the molecule is CC1(C)C=Cc2cc(C(=O)OCC(O)C(O)C(O)CO)ccc2O1. The molecule has 3 atom stereocenters. The van der Waals surface area contributed by atoms with Gasteiger partial charge in [-0.2, -0.15) is 0 Å². The monoisotopic (exact) mass is 338 g/mol. The summed E-state index contributed by atoms with van der Waals surface area (Å²) in [7, 11) is 0. The van der Waals surface area contributed by atoms with Crippen LogP contribution in [0.4, 0.5) is 0 Å². The summed E-state index contributed by atoms with van der Waals surface area (Å²) in [4.78, 5) is 12.0. The Bertz CT molecular complexity index is 623.